The molecule has 4 unspecified atom stereocenters. The van der Waals surface area contributed by atoms with Crippen LogP contribution in [0.25, 0.3) is 0 Å². The number of carbonyl (C=O) groups excluding carboxylic acids is 1. The second-order valence-corrected chi connectivity index (χ2v) is 12.4. The number of carbonyl (C=O) groups is 1. The van der Waals surface area contributed by atoms with Gasteiger partial charge in [0.15, 0.2) is 0 Å². The normalized spacial score (nSPS) is 31.5. The Hall–Kier alpha value is -0.610. The Morgan fingerprint density at radius 2 is 1.36 bits per heavy atom. The molecule has 2 rings (SSSR count). The molecule has 0 amide bonds. The maximum Gasteiger partial charge on any atom is 0.305 e. The van der Waals surface area contributed by atoms with Gasteiger partial charge in [-0.2, -0.15) is 0 Å². The fourth-order valence-corrected chi connectivity index (χ4v) is 7.81. The lowest BCUT2D eigenvalue weighted by Gasteiger charge is -2.58. The van der Waals surface area contributed by atoms with E-state index in [1.165, 1.54) is 57.8 Å². The third-order valence-corrected chi connectivity index (χ3v) is 8.61. The molecule has 0 aromatic heterocycles. The van der Waals surface area contributed by atoms with Crippen molar-refractivity contribution in [3.63, 3.8) is 0 Å². The lowest BCUT2D eigenvalue weighted by Crippen LogP contribution is -2.47. The van der Waals surface area contributed by atoms with Gasteiger partial charge in [0.05, 0.1) is 6.61 Å². The highest BCUT2D eigenvalue weighted by Crippen LogP contribution is 2.63. The summed E-state index contributed by atoms with van der Waals surface area (Å²) in [4.78, 5) is 12.1. The van der Waals surface area contributed by atoms with E-state index in [0.717, 1.165) is 57.3 Å². The van der Waals surface area contributed by atoms with Gasteiger partial charge in [-0.05, 0) is 99.2 Å². The van der Waals surface area contributed by atoms with Crippen molar-refractivity contribution in [3.05, 3.63) is 0 Å². The van der Waals surface area contributed by atoms with E-state index in [0.29, 0.717) is 35.9 Å². The Bertz CT molecular complexity index is 562. The van der Waals surface area contributed by atoms with Crippen LogP contribution in [-0.2, 0) is 9.53 Å². The summed E-state index contributed by atoms with van der Waals surface area (Å²) in [7, 11) is 0. The highest BCUT2D eigenvalue weighted by atomic mass is 16.5. The molecule has 2 N–H and O–H groups in total. The number of aliphatic hydroxyl groups excluding tert-OH is 2. The summed E-state index contributed by atoms with van der Waals surface area (Å²) in [6, 6.07) is 0. The Morgan fingerprint density at radius 3 is 2.00 bits per heavy atom. The number of unbranched alkanes of at least 4 members (excludes halogenated alkanes) is 5. The van der Waals surface area contributed by atoms with Crippen LogP contribution in [0.4, 0.5) is 0 Å². The summed E-state index contributed by atoms with van der Waals surface area (Å²) in [6.07, 6.45) is 20.2. The third-order valence-electron chi connectivity index (χ3n) is 8.61. The van der Waals surface area contributed by atoms with E-state index in [9.17, 15) is 15.0 Å². The number of esters is 1. The number of aliphatic hydroxyl groups is 2. The molecule has 0 spiro atoms. The number of fused-ring (bicyclic) bond motifs is 2. The van der Waals surface area contributed by atoms with E-state index in [1.54, 1.807) is 0 Å². The average molecular weight is 467 g/mol. The highest BCUT2D eigenvalue weighted by Gasteiger charge is 2.52. The molecule has 4 heteroatoms. The first kappa shape index (κ1) is 28.6. The molecule has 4 nitrogen and oxygen atoms in total. The van der Waals surface area contributed by atoms with E-state index >= 15 is 0 Å². The predicted octanol–water partition coefficient (Wildman–Crippen LogP) is 7.20. The molecule has 33 heavy (non-hydrogen) atoms. The average Bonchev–Trinajstić information content (AvgIpc) is 2.75. The minimum Gasteiger partial charge on any atom is -0.466 e. The summed E-state index contributed by atoms with van der Waals surface area (Å²) in [5.41, 5.74) is 0.966. The molecule has 0 aromatic rings. The number of hydrogen-bond donors (Lipinski definition) is 2. The molecule has 0 saturated heterocycles. The summed E-state index contributed by atoms with van der Waals surface area (Å²) in [5, 5.41) is 18.9. The molecule has 2 aliphatic rings. The molecule has 2 saturated carbocycles. The molecule has 2 bridgehead atoms. The van der Waals surface area contributed by atoms with Crippen LogP contribution in [0.5, 0.6) is 0 Å². The molecule has 2 aliphatic carbocycles. The van der Waals surface area contributed by atoms with Crippen molar-refractivity contribution >= 4 is 5.97 Å². The SMILES string of the molecule is CCCCCCCCC(=O)OCCCC1(C)CC2CC(C)(CCCO)CC(CCCO)(C2)C1. The lowest BCUT2D eigenvalue weighted by atomic mass is 9.47. The minimum atomic E-state index is -0.0183. The van der Waals surface area contributed by atoms with Gasteiger partial charge < -0.3 is 14.9 Å². The van der Waals surface area contributed by atoms with Crippen molar-refractivity contribution < 1.29 is 19.7 Å². The minimum absolute atomic E-state index is 0.0183. The molecule has 4 atom stereocenters. The zero-order chi connectivity index (χ0) is 24.2. The monoisotopic (exact) mass is 466 g/mol. The fourth-order valence-electron chi connectivity index (χ4n) is 7.81. The van der Waals surface area contributed by atoms with Crippen molar-refractivity contribution in [2.75, 3.05) is 19.8 Å². The molecule has 2 fully saturated rings. The van der Waals surface area contributed by atoms with Crippen molar-refractivity contribution in [1.82, 2.24) is 0 Å². The number of ether oxygens (including phenoxy) is 1. The van der Waals surface area contributed by atoms with Crippen LogP contribution in [0.2, 0.25) is 0 Å². The zero-order valence-electron chi connectivity index (χ0n) is 22.1. The van der Waals surface area contributed by atoms with Crippen molar-refractivity contribution in [3.8, 4) is 0 Å². The number of rotatable bonds is 17. The van der Waals surface area contributed by atoms with Crippen LogP contribution >= 0.6 is 0 Å². The smallest absolute Gasteiger partial charge is 0.305 e. The summed E-state index contributed by atoms with van der Waals surface area (Å²) in [5.74, 6) is 0.727. The van der Waals surface area contributed by atoms with Gasteiger partial charge in [0.2, 0.25) is 0 Å². The Morgan fingerprint density at radius 1 is 0.788 bits per heavy atom. The molecule has 194 valence electrons. The van der Waals surface area contributed by atoms with Crippen molar-refractivity contribution in [1.29, 1.82) is 0 Å². The van der Waals surface area contributed by atoms with Gasteiger partial charge in [-0.1, -0.05) is 52.9 Å². The van der Waals surface area contributed by atoms with Gasteiger partial charge in [0.1, 0.15) is 0 Å². The molecule has 0 aromatic carbocycles. The molecule has 0 aliphatic heterocycles. The van der Waals surface area contributed by atoms with E-state index in [2.05, 4.69) is 20.8 Å². The Labute approximate surface area is 204 Å². The first-order valence-corrected chi connectivity index (χ1v) is 14.2. The number of hydrogen-bond acceptors (Lipinski definition) is 4. The van der Waals surface area contributed by atoms with Crippen molar-refractivity contribution in [2.24, 2.45) is 22.2 Å². The fraction of sp³-hybridized carbons (Fsp3) is 0.966. The summed E-state index contributed by atoms with van der Waals surface area (Å²) < 4.78 is 5.57. The van der Waals surface area contributed by atoms with Crippen LogP contribution in [-0.4, -0.2) is 36.0 Å². The van der Waals surface area contributed by atoms with E-state index < -0.39 is 0 Å². The quantitative estimate of drug-likeness (QED) is 0.176. The summed E-state index contributed by atoms with van der Waals surface area (Å²) >= 11 is 0. The largest absolute Gasteiger partial charge is 0.466 e. The third kappa shape index (κ3) is 9.88. The van der Waals surface area contributed by atoms with Crippen LogP contribution in [0, 0.1) is 22.2 Å². The van der Waals surface area contributed by atoms with Crippen LogP contribution < -0.4 is 0 Å². The molecular formula is C29H54O4. The zero-order valence-corrected chi connectivity index (χ0v) is 22.1. The van der Waals surface area contributed by atoms with Gasteiger partial charge in [0.25, 0.3) is 0 Å². The topological polar surface area (TPSA) is 66.8 Å². The Kier molecular flexibility index (Phi) is 12.2. The van der Waals surface area contributed by atoms with E-state index in [1.807, 2.05) is 0 Å². The van der Waals surface area contributed by atoms with Gasteiger partial charge >= 0.3 is 5.97 Å². The van der Waals surface area contributed by atoms with Gasteiger partial charge in [-0.25, -0.2) is 0 Å². The van der Waals surface area contributed by atoms with Gasteiger partial charge in [-0.15, -0.1) is 0 Å². The first-order valence-electron chi connectivity index (χ1n) is 14.2. The Balaban J connectivity index is 1.79. The standard InChI is InChI=1S/C29H54O4/c1-4-5-6-7-8-9-13-26(32)33-19-12-15-28(3)21-25-20-27(2,14-10-17-30)23-29(22-25,24-28)16-11-18-31/h25,30-31H,4-24H2,1-3H3. The maximum atomic E-state index is 12.1. The second kappa shape index (κ2) is 14.1. The second-order valence-electron chi connectivity index (χ2n) is 12.4. The van der Waals surface area contributed by atoms with E-state index in [-0.39, 0.29) is 12.6 Å². The van der Waals surface area contributed by atoms with Crippen molar-refractivity contribution in [2.45, 2.75) is 136 Å². The lowest BCUT2D eigenvalue weighted by molar-refractivity contribution is -0.144. The van der Waals surface area contributed by atoms with E-state index in [4.69, 9.17) is 4.74 Å². The highest BCUT2D eigenvalue weighted by molar-refractivity contribution is 5.69. The molecular weight excluding hydrogens is 412 g/mol. The predicted molar refractivity (Wildman–Crippen MR) is 136 cm³/mol. The molecule has 0 radical (unpaired) electrons. The van der Waals surface area contributed by atoms with Crippen LogP contribution in [0.15, 0.2) is 0 Å². The molecule has 0 heterocycles. The first-order chi connectivity index (χ1) is 15.8. The van der Waals surface area contributed by atoms with Crippen LogP contribution in [0.1, 0.15) is 136 Å². The van der Waals surface area contributed by atoms with Gasteiger partial charge in [0, 0.05) is 19.6 Å². The van der Waals surface area contributed by atoms with Crippen LogP contribution in [0.3, 0.4) is 0 Å². The maximum absolute atomic E-state index is 12.1. The summed E-state index contributed by atoms with van der Waals surface area (Å²) in [6.45, 7) is 8.26. The van der Waals surface area contributed by atoms with Gasteiger partial charge in [-0.3, -0.25) is 4.79 Å².